The van der Waals surface area contributed by atoms with Gasteiger partial charge in [-0.2, -0.15) is 0 Å². The van der Waals surface area contributed by atoms with E-state index < -0.39 is 0 Å². The first-order valence-electron chi connectivity index (χ1n) is 9.97. The van der Waals surface area contributed by atoms with E-state index in [0.717, 1.165) is 42.7 Å². The number of carbonyl (C=O) groups excluding carboxylic acids is 3. The minimum Gasteiger partial charge on any atom is -0.311 e. The highest BCUT2D eigenvalue weighted by atomic mass is 32.2. The van der Waals surface area contributed by atoms with Crippen molar-refractivity contribution in [1.29, 1.82) is 0 Å². The van der Waals surface area contributed by atoms with Crippen LogP contribution in [0.2, 0.25) is 0 Å². The Bertz CT molecular complexity index is 742. The largest absolute Gasteiger partial charge is 0.311 e. The molecule has 1 saturated carbocycles. The molecular formula is C21H26N2O3S. The lowest BCUT2D eigenvalue weighted by atomic mass is 9.81. The summed E-state index contributed by atoms with van der Waals surface area (Å²) in [4.78, 5) is 42.5. The van der Waals surface area contributed by atoms with E-state index in [1.807, 2.05) is 23.1 Å². The van der Waals surface area contributed by atoms with Gasteiger partial charge in [-0.15, -0.1) is 11.8 Å². The smallest absolute Gasteiger partial charge is 0.233 e. The molecule has 2 heterocycles. The zero-order valence-corrected chi connectivity index (χ0v) is 16.5. The summed E-state index contributed by atoms with van der Waals surface area (Å²) in [5.41, 5.74) is 0.949. The Morgan fingerprint density at radius 1 is 1.07 bits per heavy atom. The van der Waals surface area contributed by atoms with Gasteiger partial charge in [0.25, 0.3) is 0 Å². The number of hydrogen-bond acceptors (Lipinski definition) is 4. The molecule has 0 radical (unpaired) electrons. The van der Waals surface area contributed by atoms with Crippen molar-refractivity contribution in [3.63, 3.8) is 0 Å². The summed E-state index contributed by atoms with van der Waals surface area (Å²) in [6, 6.07) is 7.99. The van der Waals surface area contributed by atoms with Crippen molar-refractivity contribution < 1.29 is 14.4 Å². The molecule has 0 N–H and O–H groups in total. The van der Waals surface area contributed by atoms with Crippen LogP contribution in [0.5, 0.6) is 0 Å². The number of nitrogens with zero attached hydrogens (tertiary/aromatic N) is 2. The maximum absolute atomic E-state index is 13.0. The monoisotopic (exact) mass is 386 g/mol. The Morgan fingerprint density at radius 3 is 2.44 bits per heavy atom. The van der Waals surface area contributed by atoms with Crippen LogP contribution in [0.1, 0.15) is 45.4 Å². The van der Waals surface area contributed by atoms with Crippen molar-refractivity contribution in [2.75, 3.05) is 18.0 Å². The van der Waals surface area contributed by atoms with Crippen molar-refractivity contribution in [2.45, 2.75) is 55.6 Å². The van der Waals surface area contributed by atoms with Gasteiger partial charge in [-0.25, -0.2) is 0 Å². The molecule has 1 aromatic rings. The summed E-state index contributed by atoms with van der Waals surface area (Å²) in [5, 5.41) is 0.453. The fourth-order valence-corrected chi connectivity index (χ4v) is 5.65. The first-order valence-corrected chi connectivity index (χ1v) is 10.9. The van der Waals surface area contributed by atoms with E-state index in [0.29, 0.717) is 11.8 Å². The number of amides is 3. The van der Waals surface area contributed by atoms with Gasteiger partial charge >= 0.3 is 0 Å². The minimum atomic E-state index is -0.141. The molecule has 1 aromatic carbocycles. The van der Waals surface area contributed by atoms with Crippen LogP contribution < -0.4 is 4.90 Å². The highest BCUT2D eigenvalue weighted by Crippen LogP contribution is 2.39. The fourth-order valence-electron chi connectivity index (χ4n) is 4.54. The zero-order chi connectivity index (χ0) is 19.0. The normalized spacial score (nSPS) is 28.0. The van der Waals surface area contributed by atoms with Gasteiger partial charge in [0, 0.05) is 29.7 Å². The van der Waals surface area contributed by atoms with E-state index in [1.54, 1.807) is 11.8 Å². The molecule has 2 aliphatic heterocycles. The molecule has 3 aliphatic rings. The summed E-state index contributed by atoms with van der Waals surface area (Å²) in [6.45, 7) is 3.07. The number of fused-ring (bicyclic) bond motifs is 2. The highest BCUT2D eigenvalue weighted by molar-refractivity contribution is 8.00. The Hall–Kier alpha value is -1.82. The number of thioether (sulfide) groups is 1. The van der Waals surface area contributed by atoms with Crippen molar-refractivity contribution in [3.8, 4) is 0 Å². The maximum atomic E-state index is 13.0. The number of carbonyl (C=O) groups is 3. The number of anilines is 1. The van der Waals surface area contributed by atoms with Crippen LogP contribution >= 0.6 is 11.8 Å². The van der Waals surface area contributed by atoms with Crippen LogP contribution in [0.3, 0.4) is 0 Å². The van der Waals surface area contributed by atoms with Crippen molar-refractivity contribution in [2.24, 2.45) is 11.8 Å². The summed E-state index contributed by atoms with van der Waals surface area (Å²) in [5.74, 6) is -0.404. The van der Waals surface area contributed by atoms with E-state index in [2.05, 4.69) is 13.0 Å². The van der Waals surface area contributed by atoms with Gasteiger partial charge in [0.15, 0.2) is 0 Å². The minimum absolute atomic E-state index is 0.00683. The quantitative estimate of drug-likeness (QED) is 0.747. The van der Waals surface area contributed by atoms with Gasteiger partial charge in [-0.05, 0) is 31.4 Å². The molecule has 0 aromatic heterocycles. The molecule has 6 heteroatoms. The van der Waals surface area contributed by atoms with Crippen LogP contribution in [0.4, 0.5) is 5.69 Å². The number of imide groups is 1. The Morgan fingerprint density at radius 2 is 1.74 bits per heavy atom. The lowest BCUT2D eigenvalue weighted by Crippen LogP contribution is -2.38. The van der Waals surface area contributed by atoms with Gasteiger partial charge in [-0.3, -0.25) is 19.3 Å². The molecule has 1 aliphatic carbocycles. The number of benzene rings is 1. The predicted octanol–water partition coefficient (Wildman–Crippen LogP) is 3.47. The second kappa shape index (κ2) is 7.66. The van der Waals surface area contributed by atoms with Crippen molar-refractivity contribution in [1.82, 2.24) is 4.90 Å². The molecule has 0 bridgehead atoms. The van der Waals surface area contributed by atoms with Gasteiger partial charge in [0.2, 0.25) is 17.7 Å². The average Bonchev–Trinajstić information content (AvgIpc) is 2.81. The predicted molar refractivity (Wildman–Crippen MR) is 106 cm³/mol. The SMILES string of the molecule is CC1CCN(C(=O)CCN2C(=O)C3CCCCC3C2=O)c2ccccc2S1. The van der Waals surface area contributed by atoms with E-state index in [-0.39, 0.29) is 42.5 Å². The van der Waals surface area contributed by atoms with Crippen LogP contribution in [-0.4, -0.2) is 41.0 Å². The number of rotatable bonds is 3. The topological polar surface area (TPSA) is 57.7 Å². The van der Waals surface area contributed by atoms with Gasteiger partial charge in [0.1, 0.15) is 0 Å². The molecule has 3 amide bonds. The molecule has 1 saturated heterocycles. The second-order valence-electron chi connectivity index (χ2n) is 7.81. The number of para-hydroxylation sites is 1. The third kappa shape index (κ3) is 3.51. The maximum Gasteiger partial charge on any atom is 0.233 e. The highest BCUT2D eigenvalue weighted by Gasteiger charge is 2.47. The van der Waals surface area contributed by atoms with Crippen LogP contribution in [0, 0.1) is 11.8 Å². The summed E-state index contributed by atoms with van der Waals surface area (Å²) < 4.78 is 0. The van der Waals surface area contributed by atoms with Crippen molar-refractivity contribution in [3.05, 3.63) is 24.3 Å². The zero-order valence-electron chi connectivity index (χ0n) is 15.7. The van der Waals surface area contributed by atoms with Crippen LogP contribution in [-0.2, 0) is 14.4 Å². The molecule has 3 atom stereocenters. The summed E-state index contributed by atoms with van der Waals surface area (Å²) in [6.07, 6.45) is 4.80. The molecule has 2 fully saturated rings. The van der Waals surface area contributed by atoms with Crippen LogP contribution in [0.25, 0.3) is 0 Å². The van der Waals surface area contributed by atoms with E-state index in [4.69, 9.17) is 0 Å². The number of likely N-dealkylation sites (tertiary alicyclic amines) is 1. The van der Waals surface area contributed by atoms with Crippen molar-refractivity contribution >= 4 is 35.2 Å². The summed E-state index contributed by atoms with van der Waals surface area (Å²) in [7, 11) is 0. The molecule has 0 spiro atoms. The standard InChI is InChI=1S/C21H26N2O3S/c1-14-10-12-22(17-8-4-5-9-18(17)27-14)19(24)11-13-23-20(25)15-6-2-3-7-16(15)21(23)26/h4-5,8-9,14-16H,2-3,6-7,10-13H2,1H3. The molecule has 5 nitrogen and oxygen atoms in total. The average molecular weight is 387 g/mol. The van der Waals surface area contributed by atoms with Gasteiger partial charge < -0.3 is 4.90 Å². The van der Waals surface area contributed by atoms with Gasteiger partial charge in [-0.1, -0.05) is 31.9 Å². The van der Waals surface area contributed by atoms with Gasteiger partial charge in [0.05, 0.1) is 17.5 Å². The number of hydrogen-bond donors (Lipinski definition) is 0. The summed E-state index contributed by atoms with van der Waals surface area (Å²) >= 11 is 1.80. The third-order valence-corrected chi connectivity index (χ3v) is 7.26. The fraction of sp³-hybridized carbons (Fsp3) is 0.571. The van der Waals surface area contributed by atoms with Crippen LogP contribution in [0.15, 0.2) is 29.2 Å². The lowest BCUT2D eigenvalue weighted by molar-refractivity contribution is -0.140. The third-order valence-electron chi connectivity index (χ3n) is 6.03. The Labute approximate surface area is 164 Å². The lowest BCUT2D eigenvalue weighted by Gasteiger charge is -2.24. The molecule has 3 unspecified atom stereocenters. The first kappa shape index (κ1) is 18.5. The Kier molecular flexibility index (Phi) is 5.26. The van der Waals surface area contributed by atoms with E-state index in [9.17, 15) is 14.4 Å². The molecule has 4 rings (SSSR count). The van der Waals surface area contributed by atoms with E-state index in [1.165, 1.54) is 4.90 Å². The molecule has 144 valence electrons. The molecular weight excluding hydrogens is 360 g/mol. The second-order valence-corrected chi connectivity index (χ2v) is 9.29. The Balaban J connectivity index is 1.45. The van der Waals surface area contributed by atoms with E-state index >= 15 is 0 Å². The first-order chi connectivity index (χ1) is 13.1. The molecule has 27 heavy (non-hydrogen) atoms.